The third-order valence-corrected chi connectivity index (χ3v) is 7.04. The Kier molecular flexibility index (Phi) is 5.88. The molecule has 1 saturated carbocycles. The lowest BCUT2D eigenvalue weighted by atomic mass is 10.1. The number of carbonyl (C=O) groups is 3. The molecule has 0 bridgehead atoms. The quantitative estimate of drug-likeness (QED) is 0.524. The van der Waals surface area contributed by atoms with Gasteiger partial charge in [0.05, 0.1) is 25.6 Å². The number of carbonyl (C=O) groups excluding carboxylic acids is 3. The molecule has 2 heterocycles. The van der Waals surface area contributed by atoms with E-state index in [9.17, 15) is 18.9 Å². The molecule has 2 aliphatic rings. The summed E-state index contributed by atoms with van der Waals surface area (Å²) in [6.45, 7) is -0.251. The number of ether oxygens (including phenoxy) is 1. The Morgan fingerprint density at radius 3 is 2.71 bits per heavy atom. The van der Waals surface area contributed by atoms with Crippen LogP contribution in [-0.4, -0.2) is 51.6 Å². The maximum atomic E-state index is 14.9. The lowest BCUT2D eigenvalue weighted by Crippen LogP contribution is -2.47. The standard InChI is InChI=1S/C25H24ClFN4O4/c1-35-18-5-6-20-19(11-18)16(13-29(20)25(28)34)10-23(32)31-21-8-15(21)9-22(31)24(33)30(27)12-14-3-2-4-17(26)7-14/h2-7,11,13,15,21-22H,8-10,12H2,1H3,(H2,28,34)/t15-,21-,22+/m1/s1. The molecule has 0 radical (unpaired) electrons. The first-order valence-electron chi connectivity index (χ1n) is 11.3. The number of benzene rings is 2. The van der Waals surface area contributed by atoms with Gasteiger partial charge in [-0.3, -0.25) is 14.2 Å². The van der Waals surface area contributed by atoms with Crippen LogP contribution in [0.4, 0.5) is 9.28 Å². The molecule has 35 heavy (non-hydrogen) atoms. The van der Waals surface area contributed by atoms with E-state index in [1.165, 1.54) is 22.8 Å². The molecule has 0 unspecified atom stereocenters. The Bertz CT molecular complexity index is 1340. The van der Waals surface area contributed by atoms with Gasteiger partial charge in [0, 0.05) is 22.6 Å². The number of nitrogens with two attached hydrogens (primary N) is 1. The highest BCUT2D eigenvalue weighted by Gasteiger charge is 2.56. The van der Waals surface area contributed by atoms with E-state index in [0.717, 1.165) is 6.42 Å². The fourth-order valence-corrected chi connectivity index (χ4v) is 5.27. The fraction of sp³-hybridized carbons (Fsp3) is 0.320. The minimum atomic E-state index is -0.866. The Morgan fingerprint density at radius 1 is 1.20 bits per heavy atom. The van der Waals surface area contributed by atoms with Gasteiger partial charge in [-0.1, -0.05) is 28.2 Å². The molecule has 3 aromatic rings. The normalized spacial score (nSPS) is 20.5. The van der Waals surface area contributed by atoms with Gasteiger partial charge in [0.1, 0.15) is 11.8 Å². The zero-order chi connectivity index (χ0) is 24.9. The van der Waals surface area contributed by atoms with Crippen LogP contribution in [0, 0.1) is 5.92 Å². The molecular weight excluding hydrogens is 475 g/mol. The van der Waals surface area contributed by atoms with Crippen LogP contribution < -0.4 is 10.5 Å². The number of aromatic nitrogens is 1. The van der Waals surface area contributed by atoms with E-state index < -0.39 is 18.0 Å². The number of piperidine rings is 1. The molecule has 182 valence electrons. The van der Waals surface area contributed by atoms with Crippen LogP contribution in [0.25, 0.3) is 10.9 Å². The van der Waals surface area contributed by atoms with Gasteiger partial charge >= 0.3 is 6.03 Å². The molecule has 8 nitrogen and oxygen atoms in total. The predicted molar refractivity (Wildman–Crippen MR) is 127 cm³/mol. The minimum absolute atomic E-state index is 0.0580. The summed E-state index contributed by atoms with van der Waals surface area (Å²) in [6, 6.07) is 10.2. The van der Waals surface area contributed by atoms with Crippen molar-refractivity contribution in [1.29, 1.82) is 0 Å². The Labute approximate surface area is 205 Å². The predicted octanol–water partition coefficient (Wildman–Crippen LogP) is 3.68. The smallest absolute Gasteiger partial charge is 0.323 e. The summed E-state index contributed by atoms with van der Waals surface area (Å²) in [5.41, 5.74) is 7.20. The van der Waals surface area contributed by atoms with Crippen LogP contribution in [0.15, 0.2) is 48.7 Å². The van der Waals surface area contributed by atoms with E-state index >= 15 is 0 Å². The van der Waals surface area contributed by atoms with Crippen LogP contribution in [0.1, 0.15) is 24.0 Å². The summed E-state index contributed by atoms with van der Waals surface area (Å²) in [5, 5.41) is 1.26. The number of fused-ring (bicyclic) bond motifs is 2. The number of amides is 3. The number of halogens is 2. The van der Waals surface area contributed by atoms with Gasteiger partial charge in [-0.2, -0.15) is 5.12 Å². The van der Waals surface area contributed by atoms with Gasteiger partial charge in [0.25, 0.3) is 5.91 Å². The van der Waals surface area contributed by atoms with Gasteiger partial charge in [0.2, 0.25) is 5.91 Å². The van der Waals surface area contributed by atoms with Gasteiger partial charge < -0.3 is 15.4 Å². The van der Waals surface area contributed by atoms with E-state index in [-0.39, 0.29) is 36.0 Å². The zero-order valence-corrected chi connectivity index (χ0v) is 19.7. The third kappa shape index (κ3) is 4.32. The average molecular weight is 499 g/mol. The number of hydrogen-bond donors (Lipinski definition) is 1. The summed E-state index contributed by atoms with van der Waals surface area (Å²) in [4.78, 5) is 39.9. The van der Waals surface area contributed by atoms with Crippen molar-refractivity contribution < 1.29 is 23.6 Å². The number of likely N-dealkylation sites (tertiary alicyclic amines) is 1. The lowest BCUT2D eigenvalue weighted by Gasteiger charge is -2.28. The van der Waals surface area contributed by atoms with E-state index in [1.54, 1.807) is 42.5 Å². The number of methoxy groups -OCH3 is 1. The van der Waals surface area contributed by atoms with Gasteiger partial charge in [-0.05, 0) is 60.2 Å². The molecule has 2 aromatic carbocycles. The molecule has 1 aromatic heterocycles. The van der Waals surface area contributed by atoms with Crippen LogP contribution in [0.5, 0.6) is 5.75 Å². The summed E-state index contributed by atoms with van der Waals surface area (Å²) >= 11 is 5.97. The Morgan fingerprint density at radius 2 is 2.00 bits per heavy atom. The number of hydrogen-bond acceptors (Lipinski definition) is 4. The van der Waals surface area contributed by atoms with Crippen molar-refractivity contribution in [2.75, 3.05) is 7.11 Å². The summed E-state index contributed by atoms with van der Waals surface area (Å²) in [6.07, 6.45) is 2.70. The van der Waals surface area contributed by atoms with Crippen molar-refractivity contribution in [3.8, 4) is 5.75 Å². The minimum Gasteiger partial charge on any atom is -0.497 e. The number of primary amides is 1. The molecule has 1 saturated heterocycles. The molecule has 10 heteroatoms. The lowest BCUT2D eigenvalue weighted by molar-refractivity contribution is -0.157. The fourth-order valence-electron chi connectivity index (χ4n) is 5.05. The van der Waals surface area contributed by atoms with Crippen molar-refractivity contribution in [1.82, 2.24) is 14.6 Å². The van der Waals surface area contributed by atoms with Crippen molar-refractivity contribution >= 4 is 40.3 Å². The maximum Gasteiger partial charge on any atom is 0.323 e. The maximum absolute atomic E-state index is 14.9. The van der Waals surface area contributed by atoms with Crippen molar-refractivity contribution in [2.45, 2.75) is 37.9 Å². The highest BCUT2D eigenvalue weighted by molar-refractivity contribution is 6.30. The summed E-state index contributed by atoms with van der Waals surface area (Å²) in [5.74, 6) is -0.277. The molecule has 5 rings (SSSR count). The average Bonchev–Trinajstić information content (AvgIpc) is 3.34. The first-order valence-corrected chi connectivity index (χ1v) is 11.6. The summed E-state index contributed by atoms with van der Waals surface area (Å²) < 4.78 is 21.5. The molecule has 0 spiro atoms. The number of nitrogens with zero attached hydrogens (tertiary/aromatic N) is 3. The largest absolute Gasteiger partial charge is 0.497 e. The SMILES string of the molecule is COc1ccc2c(c1)c(CC(=O)N1[C@@H]3C[C@@H]3C[C@H]1C(=O)N(F)Cc1cccc(Cl)c1)cn2C(N)=O. The topological polar surface area (TPSA) is 97.9 Å². The highest BCUT2D eigenvalue weighted by Crippen LogP contribution is 2.48. The second kappa shape index (κ2) is 8.88. The molecule has 3 atom stereocenters. The monoisotopic (exact) mass is 498 g/mol. The first-order chi connectivity index (χ1) is 16.8. The van der Waals surface area contributed by atoms with Crippen LogP contribution in [0.3, 0.4) is 0 Å². The first kappa shape index (κ1) is 23.2. The van der Waals surface area contributed by atoms with Gasteiger partial charge in [-0.15, -0.1) is 0 Å². The molecule has 3 amide bonds. The Balaban J connectivity index is 1.37. The van der Waals surface area contributed by atoms with Crippen LogP contribution >= 0.6 is 11.6 Å². The molecule has 2 N–H and O–H groups in total. The summed E-state index contributed by atoms with van der Waals surface area (Å²) in [7, 11) is 1.52. The van der Waals surface area contributed by atoms with Crippen LogP contribution in [-0.2, 0) is 22.6 Å². The Hall–Kier alpha value is -3.59. The number of rotatable bonds is 6. The van der Waals surface area contributed by atoms with Gasteiger partial charge in [-0.25, -0.2) is 4.79 Å². The zero-order valence-electron chi connectivity index (χ0n) is 19.0. The van der Waals surface area contributed by atoms with E-state index in [4.69, 9.17) is 22.1 Å². The van der Waals surface area contributed by atoms with E-state index in [2.05, 4.69) is 0 Å². The van der Waals surface area contributed by atoms with Crippen molar-refractivity contribution in [3.05, 3.63) is 64.8 Å². The second-order valence-electron chi connectivity index (χ2n) is 9.03. The van der Waals surface area contributed by atoms with E-state index in [1.807, 2.05) is 0 Å². The second-order valence-corrected chi connectivity index (χ2v) is 9.46. The van der Waals surface area contributed by atoms with Crippen molar-refractivity contribution in [3.63, 3.8) is 0 Å². The van der Waals surface area contributed by atoms with Crippen molar-refractivity contribution in [2.24, 2.45) is 11.7 Å². The third-order valence-electron chi connectivity index (χ3n) is 6.80. The molecule has 2 fully saturated rings. The van der Waals surface area contributed by atoms with E-state index in [0.29, 0.717) is 39.2 Å². The molecule has 1 aliphatic carbocycles. The van der Waals surface area contributed by atoms with Gasteiger partial charge in [0.15, 0.2) is 0 Å². The van der Waals surface area contributed by atoms with Crippen LogP contribution in [0.2, 0.25) is 5.02 Å². The molecule has 1 aliphatic heterocycles. The highest BCUT2D eigenvalue weighted by atomic mass is 35.5. The molecular formula is C25H24ClFN4O4.